The van der Waals surface area contributed by atoms with Crippen LogP contribution in [0.1, 0.15) is 439 Å². The highest BCUT2D eigenvalue weighted by Gasteiger charge is 2.29. The van der Waals surface area contributed by atoms with Crippen LogP contribution >= 0.6 is 81.7 Å². The first kappa shape index (κ1) is 127. The molecule has 10 aromatic rings. The van der Waals surface area contributed by atoms with Crippen LogP contribution in [0.5, 0.6) is 0 Å². The van der Waals surface area contributed by atoms with Gasteiger partial charge >= 0.3 is 17.5 Å². The third-order valence-electron chi connectivity index (χ3n) is 25.1. The largest absolute Gasteiger partial charge is 0.481 e. The number of halogens is 4. The van der Waals surface area contributed by atoms with E-state index < -0.39 is 32.6 Å². The highest BCUT2D eigenvalue weighted by Crippen LogP contribution is 2.36. The van der Waals surface area contributed by atoms with Crippen LogP contribution < -0.4 is 22.8 Å². The predicted molar refractivity (Wildman–Crippen MR) is 588 cm³/mol. The highest BCUT2D eigenvalue weighted by molar-refractivity contribution is 8.00. The molecule has 0 atom stereocenters. The summed E-state index contributed by atoms with van der Waals surface area (Å²) in [6.07, 6.45) is 66.3. The number of carbonyl (C=O) groups excluding carboxylic acids is 1. The van der Waals surface area contributed by atoms with Gasteiger partial charge in [-0.1, -0.05) is 324 Å². The molecule has 0 spiro atoms. The number of aryl methyl sites for hydroxylation is 10. The van der Waals surface area contributed by atoms with E-state index in [2.05, 4.69) is 141 Å². The van der Waals surface area contributed by atoms with Gasteiger partial charge in [0.25, 0.3) is 0 Å². The van der Waals surface area contributed by atoms with E-state index in [1.807, 2.05) is 32.3 Å². The summed E-state index contributed by atoms with van der Waals surface area (Å²) in [4.78, 5) is 96.3. The molecule has 34 nitrogen and oxygen atoms in total. The van der Waals surface area contributed by atoms with Crippen molar-refractivity contribution in [2.24, 2.45) is 5.84 Å². The first-order chi connectivity index (χ1) is 68.9. The number of H-pyrrole nitrogens is 2. The van der Waals surface area contributed by atoms with Gasteiger partial charge in [-0.3, -0.25) is 15.0 Å². The standard InChI is InChI=1S/C26H41ClN6O4S.C26H41ClN6O2S.C25H43ClN6OS.C25H41ClN4O2S.H2N2.H2O.H2/c1-19(2)38(35,36)24-22-23(29-25(27)30-24)28-20(3)33(22)18-16-14-12-10-8-6-4-5-7-9-11-13-15-17-21-31-32-26(34)37-21;1-19(2)36-24-22-23(29-25(27)30-24)28-20(3)33(22)18-16-14-12-10-8-6-4-5-7-9-11-13-15-17-21-31-32-26(34)35-21;1-19(2)34-24-22-23(29-25(26)30-24)28-20(3)32(22)18-16-14-12-10-8-6-4-5-7-9-11-13-15-17-21(33)31-27;1-19(2)33-24-22-23(28-25(26)29-24)27-20(3)30(22)18-16-14-12-10-8-6-4-5-7-9-11-13-15-17-21(31)32;1-2;;/h19H,4-18H2,1-3H3,(H,32,34);19H,4-18H2,1-3H3,(H,32,34);19H,4-18,27H2,1-3H3,(H,31,33);19H,4-18H2,1-3H3,(H,31,32);1-2H;1H2;1H. The minimum absolute atomic E-state index is 0. The first-order valence-corrected chi connectivity index (χ1v) is 59.0. The smallest absolute Gasteiger partial charge is 0.434 e. The van der Waals surface area contributed by atoms with E-state index in [1.54, 1.807) is 49.1 Å². The van der Waals surface area contributed by atoms with Crippen LogP contribution in [0.3, 0.4) is 0 Å². The number of carbonyl (C=O) groups is 2. The Morgan fingerprint density at radius 2 is 0.583 bits per heavy atom. The average Bonchev–Trinajstić information content (AvgIpc) is 1.62. The number of sulfone groups is 1. The van der Waals surface area contributed by atoms with Gasteiger partial charge in [0.05, 0.1) is 5.25 Å². The number of aromatic amines is 2. The molecule has 1 amide bonds. The predicted octanol–water partition coefficient (Wildman–Crippen LogP) is 27.8. The Balaban J connectivity index is 0.000000399. The maximum atomic E-state index is 12.9. The molecule has 0 bridgehead atoms. The van der Waals surface area contributed by atoms with Crippen molar-refractivity contribution in [3.63, 3.8) is 0 Å². The van der Waals surface area contributed by atoms with Gasteiger partial charge in [0.15, 0.2) is 37.5 Å². The van der Waals surface area contributed by atoms with E-state index in [9.17, 15) is 27.6 Å². The molecule has 10 N–H and O–H groups in total. The molecule has 10 aromatic heterocycles. The van der Waals surface area contributed by atoms with Crippen molar-refractivity contribution in [2.45, 2.75) is 510 Å². The fourth-order valence-corrected chi connectivity index (χ4v) is 22.2. The second kappa shape index (κ2) is 73.8. The van der Waals surface area contributed by atoms with E-state index in [-0.39, 0.29) is 39.0 Å². The zero-order valence-electron chi connectivity index (χ0n) is 88.2. The van der Waals surface area contributed by atoms with E-state index in [0.717, 1.165) is 164 Å². The van der Waals surface area contributed by atoms with E-state index in [1.165, 1.54) is 257 Å². The lowest BCUT2D eigenvalue weighted by Crippen LogP contribution is -2.29. The molecule has 812 valence electrons. The summed E-state index contributed by atoms with van der Waals surface area (Å²) in [5.41, 5.74) is 18.2. The fourth-order valence-electron chi connectivity index (χ4n) is 17.6. The van der Waals surface area contributed by atoms with Crippen LogP contribution in [0.25, 0.3) is 44.7 Å². The van der Waals surface area contributed by atoms with E-state index in [0.29, 0.717) is 75.0 Å². The van der Waals surface area contributed by atoms with Gasteiger partial charge in [-0.25, -0.2) is 85.0 Å². The summed E-state index contributed by atoms with van der Waals surface area (Å²) in [5, 5.41) is 25.0. The number of imidazole rings is 4. The summed E-state index contributed by atoms with van der Waals surface area (Å²) in [6, 6.07) is 0. The van der Waals surface area contributed by atoms with Crippen LogP contribution in [-0.2, 0) is 58.4 Å². The molecule has 0 aliphatic carbocycles. The number of nitrogens with two attached hydrogens (primary N) is 1. The van der Waals surface area contributed by atoms with E-state index in [4.69, 9.17) is 77.2 Å². The number of unbranched alkanes of at least 4 members (excludes halogenated alkanes) is 48. The number of fused-ring (bicyclic) bond motifs is 4. The van der Waals surface area contributed by atoms with Crippen LogP contribution in [-0.4, -0.2) is 150 Å². The summed E-state index contributed by atoms with van der Waals surface area (Å²) in [6.45, 7) is 27.8. The van der Waals surface area contributed by atoms with Gasteiger partial charge in [0.1, 0.15) is 60.4 Å². The number of nitrogens with one attached hydrogen (secondary N) is 5. The van der Waals surface area contributed by atoms with Gasteiger partial charge < -0.3 is 37.7 Å². The van der Waals surface area contributed by atoms with Crippen molar-refractivity contribution in [2.75, 3.05) is 0 Å². The number of aromatic nitrogens is 20. The van der Waals surface area contributed by atoms with Crippen molar-refractivity contribution in [3.05, 3.63) is 77.3 Å². The Kier molecular flexibility index (Phi) is 65.1. The number of hydrogen-bond acceptors (Lipinski definition) is 28. The number of nitrogens with zero attached hydrogens (tertiary/aromatic N) is 18. The van der Waals surface area contributed by atoms with Crippen molar-refractivity contribution in [3.8, 4) is 0 Å². The third-order valence-corrected chi connectivity index (χ3v) is 30.8. The van der Waals surface area contributed by atoms with Gasteiger partial charge in [0.2, 0.25) is 38.8 Å². The Labute approximate surface area is 888 Å². The number of rotatable bonds is 72. The summed E-state index contributed by atoms with van der Waals surface area (Å²) < 4.78 is 44.4. The van der Waals surface area contributed by atoms with E-state index >= 15 is 0 Å². The molecule has 10 rings (SSSR count). The minimum atomic E-state index is -3.62. The Morgan fingerprint density at radius 1 is 0.361 bits per heavy atom. The zero-order valence-corrected chi connectivity index (χ0v) is 94.5. The minimum Gasteiger partial charge on any atom is -0.481 e. The second-order valence-corrected chi connectivity index (χ2v) is 47.0. The molecular formula is C102H172Cl4N24O10S4. The first-order valence-electron chi connectivity index (χ1n) is 53.3. The second-order valence-electron chi connectivity index (χ2n) is 38.6. The van der Waals surface area contributed by atoms with Gasteiger partial charge in [-0.05, 0) is 139 Å². The van der Waals surface area contributed by atoms with Crippen LogP contribution in [0.15, 0.2) is 38.5 Å². The van der Waals surface area contributed by atoms with Crippen LogP contribution in [0.4, 0.5) is 0 Å². The number of carboxylic acid groups (broad SMARTS) is 1. The normalized spacial score (nSPS) is 11.6. The highest BCUT2D eigenvalue weighted by atomic mass is 35.5. The molecule has 0 aromatic carbocycles. The third kappa shape index (κ3) is 49.4. The Hall–Kier alpha value is -7.30. The molecule has 10 heterocycles. The maximum absolute atomic E-state index is 12.9. The molecule has 0 aliphatic rings. The molecule has 0 saturated carbocycles. The van der Waals surface area contributed by atoms with Crippen molar-refractivity contribution < 1.29 is 38.9 Å². The lowest BCUT2D eigenvalue weighted by atomic mass is 10.0. The Bertz CT molecular complexity index is 5500. The fraction of sp³-hybridized carbons (Fsp3) is 0.745. The topological polar surface area (TPSA) is 498 Å². The van der Waals surface area contributed by atoms with Crippen molar-refractivity contribution in [1.82, 2.24) is 104 Å². The Morgan fingerprint density at radius 3 is 0.812 bits per heavy atom. The zero-order chi connectivity index (χ0) is 104. The monoisotopic (exact) mass is 2160 g/mol. The SMILES string of the molecule is Cc1nc2nc(Cl)nc(S(=O)(=O)C(C)C)c2n1CCCCCCCCCCCCCCCc1n[nH]c(=O)o1.Cc1nc2nc(Cl)nc(SC(C)C)c2n1CCCCCCCCCCCCCCCC(=O)NN.Cc1nc2nc(Cl)nc(SC(C)C)c2n1CCCCCCCCCCCCCCCC(=O)O.Cc1nc2nc(Cl)nc(SC(C)C)c2n1CCCCCCCCCCCCCCCc1n[nH]c(=O)o1.N=N.O.[HH]. The number of hydrazine groups is 1. The molecule has 0 radical (unpaired) electrons. The summed E-state index contributed by atoms with van der Waals surface area (Å²) >= 11 is 29.5. The molecule has 42 heteroatoms. The molecule has 0 fully saturated rings. The lowest BCUT2D eigenvalue weighted by molar-refractivity contribution is -0.137. The number of aliphatic carboxylic acids is 1. The number of amides is 1. The molecule has 0 unspecified atom stereocenters. The number of carboxylic acids is 1. The van der Waals surface area contributed by atoms with Crippen LogP contribution in [0.2, 0.25) is 21.1 Å². The summed E-state index contributed by atoms with van der Waals surface area (Å²) in [7, 11) is -3.62. The summed E-state index contributed by atoms with van der Waals surface area (Å²) in [5.74, 6) is 8.13. The molecule has 144 heavy (non-hydrogen) atoms. The molecular weight excluding hydrogens is 1990 g/mol. The molecule has 0 saturated heterocycles. The van der Waals surface area contributed by atoms with Gasteiger partial charge in [-0.15, -0.1) is 45.5 Å². The average molecular weight is 2160 g/mol. The number of thioether (sulfide) groups is 3. The quantitative estimate of drug-likeness (QED) is 0.00272. The molecule has 0 aliphatic heterocycles. The van der Waals surface area contributed by atoms with Gasteiger partial charge in [0, 0.05) is 69.0 Å². The van der Waals surface area contributed by atoms with Crippen molar-refractivity contribution >= 4 is 148 Å². The van der Waals surface area contributed by atoms with Crippen LogP contribution in [0, 0.1) is 38.8 Å². The maximum Gasteiger partial charge on any atom is 0.434 e. The lowest BCUT2D eigenvalue weighted by Gasteiger charge is -2.12. The van der Waals surface area contributed by atoms with Crippen molar-refractivity contribution in [1.29, 1.82) is 11.1 Å². The number of hydrogen-bond donors (Lipinski definition) is 7. The van der Waals surface area contributed by atoms with Gasteiger partial charge in [-0.2, -0.15) is 19.9 Å².